The van der Waals surface area contributed by atoms with Gasteiger partial charge in [-0.2, -0.15) is 0 Å². The number of likely N-dealkylation sites (tertiary alicyclic amines) is 1. The van der Waals surface area contributed by atoms with Crippen molar-refractivity contribution in [3.05, 3.63) is 0 Å². The Morgan fingerprint density at radius 2 is 2.27 bits per heavy atom. The lowest BCUT2D eigenvalue weighted by atomic mass is 9.84. The van der Waals surface area contributed by atoms with Crippen LogP contribution in [0.2, 0.25) is 0 Å². The molecule has 0 aromatic carbocycles. The first-order valence-electron chi connectivity index (χ1n) is 6.07. The van der Waals surface area contributed by atoms with E-state index in [-0.39, 0.29) is 0 Å². The Labute approximate surface area is 91.5 Å². The zero-order chi connectivity index (χ0) is 10.8. The molecule has 1 saturated carbocycles. The van der Waals surface area contributed by atoms with E-state index in [2.05, 4.69) is 11.8 Å². The van der Waals surface area contributed by atoms with Crippen molar-refractivity contribution in [1.29, 1.82) is 0 Å². The molecule has 1 heterocycles. The Balaban J connectivity index is 1.94. The van der Waals surface area contributed by atoms with Crippen molar-refractivity contribution in [3.8, 4) is 0 Å². The lowest BCUT2D eigenvalue weighted by molar-refractivity contribution is -0.123. The number of carbonyl (C=O) groups excluding carboxylic acids is 1. The second-order valence-electron chi connectivity index (χ2n) is 5.16. The van der Waals surface area contributed by atoms with E-state index in [9.17, 15) is 4.79 Å². The van der Waals surface area contributed by atoms with Crippen molar-refractivity contribution in [2.75, 3.05) is 19.7 Å². The van der Waals surface area contributed by atoms with Crippen LogP contribution in [0.15, 0.2) is 0 Å². The van der Waals surface area contributed by atoms with Crippen molar-refractivity contribution in [2.45, 2.75) is 38.6 Å². The van der Waals surface area contributed by atoms with Gasteiger partial charge in [-0.15, -0.1) is 0 Å². The molecule has 1 N–H and O–H groups in total. The van der Waals surface area contributed by atoms with Crippen LogP contribution in [0.5, 0.6) is 0 Å². The van der Waals surface area contributed by atoms with Crippen LogP contribution in [0.3, 0.4) is 0 Å². The second-order valence-corrected chi connectivity index (χ2v) is 5.16. The maximum Gasteiger partial charge on any atom is 0.134 e. The number of Topliss-reactive ketones (excluding diaryl/α,β-unsaturated/α-hetero) is 1. The monoisotopic (exact) mass is 211 g/mol. The standard InChI is InChI=1S/C12H21NO2/c1-9-2-3-11(15)6-12(9)13-5-4-10(7-13)8-14/h9-10,12,14H,2-8H2,1H3. The van der Waals surface area contributed by atoms with Gasteiger partial charge < -0.3 is 5.11 Å². The zero-order valence-electron chi connectivity index (χ0n) is 9.48. The molecule has 0 aromatic rings. The molecule has 2 fully saturated rings. The van der Waals surface area contributed by atoms with Gasteiger partial charge in [0.1, 0.15) is 5.78 Å². The van der Waals surface area contributed by atoms with Crippen molar-refractivity contribution in [3.63, 3.8) is 0 Å². The topological polar surface area (TPSA) is 40.5 Å². The van der Waals surface area contributed by atoms with Gasteiger partial charge in [0.05, 0.1) is 0 Å². The summed E-state index contributed by atoms with van der Waals surface area (Å²) >= 11 is 0. The Bertz CT molecular complexity index is 242. The minimum atomic E-state index is 0.297. The number of rotatable bonds is 2. The minimum Gasteiger partial charge on any atom is -0.396 e. The molecule has 0 bridgehead atoms. The number of hydrogen-bond donors (Lipinski definition) is 1. The van der Waals surface area contributed by atoms with Gasteiger partial charge in [-0.3, -0.25) is 9.69 Å². The van der Waals surface area contributed by atoms with E-state index < -0.39 is 0 Å². The number of ketones is 1. The van der Waals surface area contributed by atoms with Crippen molar-refractivity contribution >= 4 is 5.78 Å². The van der Waals surface area contributed by atoms with Crippen molar-refractivity contribution in [2.24, 2.45) is 11.8 Å². The van der Waals surface area contributed by atoms with Gasteiger partial charge in [0.15, 0.2) is 0 Å². The zero-order valence-corrected chi connectivity index (χ0v) is 9.48. The average Bonchev–Trinajstić information content (AvgIpc) is 2.70. The molecule has 15 heavy (non-hydrogen) atoms. The fraction of sp³-hybridized carbons (Fsp3) is 0.917. The number of aliphatic hydroxyl groups excluding tert-OH is 1. The number of aliphatic hydroxyl groups is 1. The molecule has 0 aromatic heterocycles. The van der Waals surface area contributed by atoms with E-state index >= 15 is 0 Å². The van der Waals surface area contributed by atoms with Crippen molar-refractivity contribution < 1.29 is 9.90 Å². The molecule has 3 unspecified atom stereocenters. The highest BCUT2D eigenvalue weighted by atomic mass is 16.3. The summed E-state index contributed by atoms with van der Waals surface area (Å²) in [6.07, 6.45) is 3.64. The van der Waals surface area contributed by atoms with Gasteiger partial charge in [-0.1, -0.05) is 6.92 Å². The quantitative estimate of drug-likeness (QED) is 0.742. The fourth-order valence-corrected chi connectivity index (χ4v) is 2.92. The highest BCUT2D eigenvalue weighted by Crippen LogP contribution is 2.30. The van der Waals surface area contributed by atoms with Gasteiger partial charge in [-0.05, 0) is 31.2 Å². The molecule has 1 saturated heterocycles. The van der Waals surface area contributed by atoms with Gasteiger partial charge in [-0.25, -0.2) is 0 Å². The molecular weight excluding hydrogens is 190 g/mol. The average molecular weight is 211 g/mol. The summed E-state index contributed by atoms with van der Waals surface area (Å²) in [7, 11) is 0. The molecule has 2 rings (SSSR count). The van der Waals surface area contributed by atoms with Gasteiger partial charge in [0.2, 0.25) is 0 Å². The maximum atomic E-state index is 11.5. The van der Waals surface area contributed by atoms with E-state index in [1.165, 1.54) is 0 Å². The maximum absolute atomic E-state index is 11.5. The van der Waals surface area contributed by atoms with Crippen LogP contribution in [0.1, 0.15) is 32.6 Å². The Kier molecular flexibility index (Phi) is 3.42. The van der Waals surface area contributed by atoms with E-state index in [0.717, 1.165) is 38.8 Å². The first-order chi connectivity index (χ1) is 7.20. The second kappa shape index (κ2) is 4.62. The van der Waals surface area contributed by atoms with Crippen LogP contribution in [0.25, 0.3) is 0 Å². The third kappa shape index (κ3) is 2.40. The summed E-state index contributed by atoms with van der Waals surface area (Å²) in [6.45, 7) is 4.60. The highest BCUT2D eigenvalue weighted by Gasteiger charge is 2.34. The molecular formula is C12H21NO2. The summed E-state index contributed by atoms with van der Waals surface area (Å²) in [5.41, 5.74) is 0. The Morgan fingerprint density at radius 3 is 2.93 bits per heavy atom. The summed E-state index contributed by atoms with van der Waals surface area (Å²) < 4.78 is 0. The predicted octanol–water partition coefficient (Wildman–Crippen LogP) is 1.06. The van der Waals surface area contributed by atoms with E-state index in [4.69, 9.17) is 5.11 Å². The van der Waals surface area contributed by atoms with Crippen LogP contribution < -0.4 is 0 Å². The SMILES string of the molecule is CC1CCC(=O)CC1N1CCC(CO)C1. The normalized spacial score (nSPS) is 38.5. The molecule has 1 aliphatic heterocycles. The summed E-state index contributed by atoms with van der Waals surface area (Å²) in [5, 5.41) is 9.11. The molecule has 0 amide bonds. The molecule has 0 spiro atoms. The molecule has 1 aliphatic carbocycles. The van der Waals surface area contributed by atoms with Crippen LogP contribution in [0, 0.1) is 11.8 Å². The molecule has 86 valence electrons. The van der Waals surface area contributed by atoms with Gasteiger partial charge in [0.25, 0.3) is 0 Å². The largest absolute Gasteiger partial charge is 0.396 e. The number of hydrogen-bond acceptors (Lipinski definition) is 3. The van der Waals surface area contributed by atoms with Crippen molar-refractivity contribution in [1.82, 2.24) is 4.90 Å². The first-order valence-corrected chi connectivity index (χ1v) is 6.07. The molecule has 0 radical (unpaired) electrons. The van der Waals surface area contributed by atoms with Gasteiger partial charge in [0, 0.05) is 32.0 Å². The highest BCUT2D eigenvalue weighted by molar-refractivity contribution is 5.79. The Morgan fingerprint density at radius 1 is 1.47 bits per heavy atom. The lowest BCUT2D eigenvalue weighted by Crippen LogP contribution is -2.42. The predicted molar refractivity (Wildman–Crippen MR) is 58.6 cm³/mol. The summed E-state index contributed by atoms with van der Waals surface area (Å²) in [6, 6.07) is 0.447. The third-order valence-electron chi connectivity index (χ3n) is 4.02. The van der Waals surface area contributed by atoms with Crippen LogP contribution in [0.4, 0.5) is 0 Å². The number of carbonyl (C=O) groups is 1. The van der Waals surface area contributed by atoms with Crippen LogP contribution in [-0.4, -0.2) is 41.5 Å². The van der Waals surface area contributed by atoms with Gasteiger partial charge >= 0.3 is 0 Å². The van der Waals surface area contributed by atoms with Crippen LogP contribution in [-0.2, 0) is 4.79 Å². The minimum absolute atomic E-state index is 0.297. The molecule has 3 atom stereocenters. The summed E-state index contributed by atoms with van der Waals surface area (Å²) in [5.74, 6) is 1.50. The van der Waals surface area contributed by atoms with E-state index in [1.807, 2.05) is 0 Å². The van der Waals surface area contributed by atoms with Crippen LogP contribution >= 0.6 is 0 Å². The summed E-state index contributed by atoms with van der Waals surface area (Å²) in [4.78, 5) is 13.9. The fourth-order valence-electron chi connectivity index (χ4n) is 2.92. The molecule has 2 aliphatic rings. The van der Waals surface area contributed by atoms with E-state index in [1.54, 1.807) is 0 Å². The number of nitrogens with zero attached hydrogens (tertiary/aromatic N) is 1. The third-order valence-corrected chi connectivity index (χ3v) is 4.02. The molecule has 3 heteroatoms. The van der Waals surface area contributed by atoms with E-state index in [0.29, 0.717) is 30.3 Å². The smallest absolute Gasteiger partial charge is 0.134 e. The Hall–Kier alpha value is -0.410. The first kappa shape index (κ1) is 11.1. The molecule has 3 nitrogen and oxygen atoms in total. The lowest BCUT2D eigenvalue weighted by Gasteiger charge is -2.35.